The fraction of sp³-hybridized carbons (Fsp3) is 0.296. The summed E-state index contributed by atoms with van der Waals surface area (Å²) in [5.74, 6) is 2.21. The number of para-hydroxylation sites is 1. The van der Waals surface area contributed by atoms with Crippen LogP contribution in [0, 0.1) is 0 Å². The van der Waals surface area contributed by atoms with Gasteiger partial charge in [-0.15, -0.1) is 5.10 Å². The number of hydrogen-bond acceptors (Lipinski definition) is 7. The molecular weight excluding hydrogens is 440 g/mol. The molecular formula is C27H30N6O2. The van der Waals surface area contributed by atoms with E-state index in [1.54, 1.807) is 14.2 Å². The van der Waals surface area contributed by atoms with E-state index in [1.165, 1.54) is 5.69 Å². The Bertz CT molecular complexity index is 1220. The van der Waals surface area contributed by atoms with Crippen molar-refractivity contribution in [2.45, 2.75) is 12.6 Å². The number of anilines is 1. The van der Waals surface area contributed by atoms with Gasteiger partial charge in [-0.25, -0.2) is 4.68 Å². The van der Waals surface area contributed by atoms with Crippen LogP contribution in [0.2, 0.25) is 0 Å². The van der Waals surface area contributed by atoms with Gasteiger partial charge in [0, 0.05) is 31.9 Å². The summed E-state index contributed by atoms with van der Waals surface area (Å²) in [6.45, 7) is 4.22. The Morgan fingerprint density at radius 1 is 0.800 bits per heavy atom. The van der Waals surface area contributed by atoms with Crippen molar-refractivity contribution in [2.75, 3.05) is 45.3 Å². The van der Waals surface area contributed by atoms with Crippen LogP contribution in [0.1, 0.15) is 23.0 Å². The molecule has 0 saturated carbocycles. The Hall–Kier alpha value is -3.91. The molecule has 1 unspecified atom stereocenters. The number of piperazine rings is 1. The average Bonchev–Trinajstić information content (AvgIpc) is 3.37. The van der Waals surface area contributed by atoms with Gasteiger partial charge in [-0.2, -0.15) is 0 Å². The van der Waals surface area contributed by atoms with Crippen LogP contribution in [0.5, 0.6) is 11.5 Å². The molecule has 8 heteroatoms. The smallest absolute Gasteiger partial charge is 0.173 e. The van der Waals surface area contributed by atoms with Crippen molar-refractivity contribution in [1.29, 1.82) is 0 Å². The molecule has 1 atom stereocenters. The van der Waals surface area contributed by atoms with E-state index < -0.39 is 0 Å². The monoisotopic (exact) mass is 470 g/mol. The number of benzene rings is 3. The van der Waals surface area contributed by atoms with Crippen LogP contribution in [-0.2, 0) is 6.54 Å². The van der Waals surface area contributed by atoms with Crippen molar-refractivity contribution in [3.05, 3.63) is 95.8 Å². The number of rotatable bonds is 8. The molecule has 0 N–H and O–H groups in total. The quantitative estimate of drug-likeness (QED) is 0.389. The first-order valence-electron chi connectivity index (χ1n) is 11.8. The topological polar surface area (TPSA) is 68.5 Å². The van der Waals surface area contributed by atoms with Crippen LogP contribution in [0.4, 0.5) is 5.69 Å². The minimum Gasteiger partial charge on any atom is -0.493 e. The Morgan fingerprint density at radius 2 is 1.49 bits per heavy atom. The highest BCUT2D eigenvalue weighted by molar-refractivity contribution is 5.47. The predicted molar refractivity (Wildman–Crippen MR) is 135 cm³/mol. The van der Waals surface area contributed by atoms with Crippen LogP contribution in [0.25, 0.3) is 0 Å². The van der Waals surface area contributed by atoms with Gasteiger partial charge in [0.05, 0.1) is 26.8 Å². The molecule has 1 fully saturated rings. The average molecular weight is 471 g/mol. The van der Waals surface area contributed by atoms with E-state index in [2.05, 4.69) is 73.9 Å². The molecule has 0 radical (unpaired) electrons. The Labute approximate surface area is 205 Å². The van der Waals surface area contributed by atoms with E-state index in [1.807, 2.05) is 35.0 Å². The largest absolute Gasteiger partial charge is 0.493 e. The fourth-order valence-electron chi connectivity index (χ4n) is 4.70. The van der Waals surface area contributed by atoms with Gasteiger partial charge in [-0.1, -0.05) is 54.6 Å². The first-order chi connectivity index (χ1) is 17.3. The molecule has 1 aliphatic heterocycles. The Balaban J connectivity index is 1.47. The standard InChI is InChI=1S/C27H30N6O2/c1-34-24-14-13-22(19-25(24)35-2)26(27-28-29-30-33(27)20-21-9-5-3-6-10-21)32-17-15-31(16-18-32)23-11-7-4-8-12-23/h3-14,19,26H,15-18,20H2,1-2H3. The third-order valence-electron chi connectivity index (χ3n) is 6.50. The van der Waals surface area contributed by atoms with Crippen molar-refractivity contribution in [1.82, 2.24) is 25.1 Å². The van der Waals surface area contributed by atoms with Gasteiger partial charge in [-0.05, 0) is 45.8 Å². The molecule has 180 valence electrons. The Morgan fingerprint density at radius 3 is 2.17 bits per heavy atom. The molecule has 1 aliphatic rings. The van der Waals surface area contributed by atoms with Crippen molar-refractivity contribution in [3.8, 4) is 11.5 Å². The van der Waals surface area contributed by atoms with Crippen LogP contribution in [0.3, 0.4) is 0 Å². The highest BCUT2D eigenvalue weighted by Gasteiger charge is 2.31. The van der Waals surface area contributed by atoms with E-state index in [0.29, 0.717) is 18.0 Å². The zero-order valence-corrected chi connectivity index (χ0v) is 20.1. The highest BCUT2D eigenvalue weighted by Crippen LogP contribution is 2.35. The van der Waals surface area contributed by atoms with Crippen LogP contribution in [-0.4, -0.2) is 65.5 Å². The lowest BCUT2D eigenvalue weighted by Crippen LogP contribution is -2.48. The van der Waals surface area contributed by atoms with E-state index in [-0.39, 0.29) is 6.04 Å². The summed E-state index contributed by atoms with van der Waals surface area (Å²) in [6.07, 6.45) is 0. The lowest BCUT2D eigenvalue weighted by Gasteiger charge is -2.40. The number of ether oxygens (including phenoxy) is 2. The maximum Gasteiger partial charge on any atom is 0.173 e. The molecule has 8 nitrogen and oxygen atoms in total. The summed E-state index contributed by atoms with van der Waals surface area (Å²) in [6, 6.07) is 26.8. The van der Waals surface area contributed by atoms with Crippen LogP contribution in [0.15, 0.2) is 78.9 Å². The number of methoxy groups -OCH3 is 2. The SMILES string of the molecule is COc1ccc(C(c2nnnn2Cc2ccccc2)N2CCN(c3ccccc3)CC2)cc1OC. The lowest BCUT2D eigenvalue weighted by atomic mass is 10.0. The second-order valence-corrected chi connectivity index (χ2v) is 8.56. The zero-order chi connectivity index (χ0) is 24.0. The minimum atomic E-state index is -0.119. The molecule has 4 aromatic rings. The second-order valence-electron chi connectivity index (χ2n) is 8.56. The molecule has 0 bridgehead atoms. The summed E-state index contributed by atoms with van der Waals surface area (Å²) in [5.41, 5.74) is 3.48. The van der Waals surface area contributed by atoms with Crippen molar-refractivity contribution in [2.24, 2.45) is 0 Å². The van der Waals surface area contributed by atoms with E-state index >= 15 is 0 Å². The van der Waals surface area contributed by atoms with Crippen LogP contribution >= 0.6 is 0 Å². The molecule has 0 amide bonds. The lowest BCUT2D eigenvalue weighted by molar-refractivity contribution is 0.201. The number of hydrogen-bond donors (Lipinski definition) is 0. The third kappa shape index (κ3) is 4.97. The molecule has 0 spiro atoms. The third-order valence-corrected chi connectivity index (χ3v) is 6.50. The van der Waals surface area contributed by atoms with Crippen molar-refractivity contribution >= 4 is 5.69 Å². The van der Waals surface area contributed by atoms with E-state index in [0.717, 1.165) is 43.1 Å². The summed E-state index contributed by atoms with van der Waals surface area (Å²) >= 11 is 0. The Kier molecular flexibility index (Phi) is 6.90. The number of aromatic nitrogens is 4. The summed E-state index contributed by atoms with van der Waals surface area (Å²) < 4.78 is 13.0. The number of nitrogens with zero attached hydrogens (tertiary/aromatic N) is 6. The second kappa shape index (κ2) is 10.6. The molecule has 1 saturated heterocycles. The highest BCUT2D eigenvalue weighted by atomic mass is 16.5. The summed E-state index contributed by atoms with van der Waals surface area (Å²) in [5, 5.41) is 12.9. The van der Waals surface area contributed by atoms with Gasteiger partial charge in [0.2, 0.25) is 0 Å². The molecule has 35 heavy (non-hydrogen) atoms. The molecule has 2 heterocycles. The van der Waals surface area contributed by atoms with E-state index in [9.17, 15) is 0 Å². The van der Waals surface area contributed by atoms with Gasteiger partial charge in [-0.3, -0.25) is 4.90 Å². The maximum absolute atomic E-state index is 5.62. The minimum absolute atomic E-state index is 0.119. The van der Waals surface area contributed by atoms with Gasteiger partial charge in [0.1, 0.15) is 0 Å². The number of tetrazole rings is 1. The normalized spacial score (nSPS) is 15.1. The summed E-state index contributed by atoms with van der Waals surface area (Å²) in [7, 11) is 3.31. The molecule has 5 rings (SSSR count). The van der Waals surface area contributed by atoms with Gasteiger partial charge in [0.25, 0.3) is 0 Å². The summed E-state index contributed by atoms with van der Waals surface area (Å²) in [4.78, 5) is 4.88. The first-order valence-corrected chi connectivity index (χ1v) is 11.8. The zero-order valence-electron chi connectivity index (χ0n) is 20.1. The van der Waals surface area contributed by atoms with Crippen molar-refractivity contribution < 1.29 is 9.47 Å². The van der Waals surface area contributed by atoms with Crippen LogP contribution < -0.4 is 14.4 Å². The van der Waals surface area contributed by atoms with Gasteiger partial charge < -0.3 is 14.4 Å². The first kappa shape index (κ1) is 22.9. The van der Waals surface area contributed by atoms with Gasteiger partial charge in [0.15, 0.2) is 17.3 Å². The van der Waals surface area contributed by atoms with Gasteiger partial charge >= 0.3 is 0 Å². The van der Waals surface area contributed by atoms with E-state index in [4.69, 9.17) is 9.47 Å². The van der Waals surface area contributed by atoms with Crippen molar-refractivity contribution in [3.63, 3.8) is 0 Å². The predicted octanol–water partition coefficient (Wildman–Crippen LogP) is 3.65. The fourth-order valence-corrected chi connectivity index (χ4v) is 4.70. The molecule has 0 aliphatic carbocycles. The maximum atomic E-state index is 5.62. The molecule has 3 aromatic carbocycles. The molecule has 1 aromatic heterocycles.